The number of aryl methyl sites for hydroxylation is 1. The lowest BCUT2D eigenvalue weighted by Crippen LogP contribution is -2.45. The predicted octanol–water partition coefficient (Wildman–Crippen LogP) is 1.27. The van der Waals surface area contributed by atoms with Crippen LogP contribution in [0.2, 0.25) is 0 Å². The molecule has 2 atom stereocenters. The van der Waals surface area contributed by atoms with Crippen molar-refractivity contribution in [2.75, 3.05) is 0 Å². The molecule has 1 aliphatic heterocycles. The van der Waals surface area contributed by atoms with Crippen molar-refractivity contribution >= 4 is 5.91 Å². The highest BCUT2D eigenvalue weighted by molar-refractivity contribution is 5.77. The molecule has 3 N–H and O–H groups in total. The van der Waals surface area contributed by atoms with Crippen LogP contribution in [0, 0.1) is 6.92 Å². The molecule has 1 aromatic rings. The van der Waals surface area contributed by atoms with Gasteiger partial charge in [-0.3, -0.25) is 4.79 Å². The summed E-state index contributed by atoms with van der Waals surface area (Å²) in [6.07, 6.45) is 1.31. The normalized spacial score (nSPS) is 26.1. The van der Waals surface area contributed by atoms with Crippen LogP contribution in [0.25, 0.3) is 0 Å². The zero-order valence-corrected chi connectivity index (χ0v) is 8.86. The van der Waals surface area contributed by atoms with E-state index in [0.717, 1.165) is 12.0 Å². The molecule has 1 fully saturated rings. The highest BCUT2D eigenvalue weighted by atomic mass is 16.1. The van der Waals surface area contributed by atoms with E-state index in [1.165, 1.54) is 5.56 Å². The zero-order valence-electron chi connectivity index (χ0n) is 8.86. The summed E-state index contributed by atoms with van der Waals surface area (Å²) in [7, 11) is 0. The van der Waals surface area contributed by atoms with Crippen LogP contribution in [0.3, 0.4) is 0 Å². The number of carbonyl (C=O) groups excluding carboxylic acids is 1. The number of hydrogen-bond acceptors (Lipinski definition) is 2. The van der Waals surface area contributed by atoms with Crippen LogP contribution >= 0.6 is 0 Å². The largest absolute Gasteiger partial charge is 0.348 e. The van der Waals surface area contributed by atoms with Crippen molar-refractivity contribution in [3.8, 4) is 0 Å². The first-order chi connectivity index (χ1) is 7.16. The summed E-state index contributed by atoms with van der Waals surface area (Å²) in [5, 5.41) is 2.94. The first kappa shape index (κ1) is 10.2. The summed E-state index contributed by atoms with van der Waals surface area (Å²) < 4.78 is 0. The van der Waals surface area contributed by atoms with E-state index in [0.29, 0.717) is 6.42 Å². The van der Waals surface area contributed by atoms with E-state index in [1.807, 2.05) is 31.2 Å². The van der Waals surface area contributed by atoms with Gasteiger partial charge in [0.1, 0.15) is 0 Å². The third-order valence-electron chi connectivity index (χ3n) is 2.89. The number of piperidine rings is 1. The van der Waals surface area contributed by atoms with Crippen LogP contribution in [-0.4, -0.2) is 11.9 Å². The van der Waals surface area contributed by atoms with Gasteiger partial charge in [-0.25, -0.2) is 0 Å². The second-order valence-corrected chi connectivity index (χ2v) is 4.16. The van der Waals surface area contributed by atoms with Gasteiger partial charge in [0.05, 0.1) is 6.04 Å². The molecule has 0 spiro atoms. The molecule has 0 aromatic heterocycles. The molecule has 0 saturated carbocycles. The molecular formula is C12H16N2O. The Morgan fingerprint density at radius 2 is 2.00 bits per heavy atom. The van der Waals surface area contributed by atoms with E-state index in [1.54, 1.807) is 0 Å². The number of nitrogens with one attached hydrogen (secondary N) is 1. The highest BCUT2D eigenvalue weighted by Crippen LogP contribution is 2.22. The Bertz CT molecular complexity index is 358. The summed E-state index contributed by atoms with van der Waals surface area (Å²) in [5.74, 6) is 0.0993. The monoisotopic (exact) mass is 204 g/mol. The van der Waals surface area contributed by atoms with Crippen LogP contribution < -0.4 is 11.1 Å². The number of nitrogens with two attached hydrogens (primary N) is 1. The quantitative estimate of drug-likeness (QED) is 0.724. The minimum atomic E-state index is -0.0214. The Kier molecular flexibility index (Phi) is 2.73. The molecule has 1 amide bonds. The Morgan fingerprint density at radius 3 is 2.67 bits per heavy atom. The highest BCUT2D eigenvalue weighted by Gasteiger charge is 2.26. The first-order valence-electron chi connectivity index (χ1n) is 5.28. The van der Waals surface area contributed by atoms with E-state index >= 15 is 0 Å². The Morgan fingerprint density at radius 1 is 1.33 bits per heavy atom. The zero-order chi connectivity index (χ0) is 10.8. The summed E-state index contributed by atoms with van der Waals surface area (Å²) >= 11 is 0. The minimum absolute atomic E-state index is 0.0214. The summed E-state index contributed by atoms with van der Waals surface area (Å²) in [5.41, 5.74) is 8.31. The Labute approximate surface area is 89.7 Å². The fraction of sp³-hybridized carbons (Fsp3) is 0.417. The second-order valence-electron chi connectivity index (χ2n) is 4.16. The molecule has 0 bridgehead atoms. The van der Waals surface area contributed by atoms with Crippen molar-refractivity contribution in [3.05, 3.63) is 35.4 Å². The van der Waals surface area contributed by atoms with Crippen molar-refractivity contribution in [1.82, 2.24) is 5.32 Å². The topological polar surface area (TPSA) is 55.1 Å². The lowest BCUT2D eigenvalue weighted by atomic mass is 9.92. The van der Waals surface area contributed by atoms with Gasteiger partial charge in [0, 0.05) is 12.5 Å². The van der Waals surface area contributed by atoms with Crippen molar-refractivity contribution in [2.24, 2.45) is 5.73 Å². The molecule has 1 heterocycles. The average Bonchev–Trinajstić information content (AvgIpc) is 2.23. The molecule has 3 nitrogen and oxygen atoms in total. The number of amides is 1. The van der Waals surface area contributed by atoms with E-state index in [9.17, 15) is 4.79 Å². The van der Waals surface area contributed by atoms with Gasteiger partial charge in [0.2, 0.25) is 5.91 Å². The van der Waals surface area contributed by atoms with Crippen LogP contribution in [0.15, 0.2) is 24.3 Å². The summed E-state index contributed by atoms with van der Waals surface area (Å²) in [6.45, 7) is 2.04. The SMILES string of the molecule is Cc1ccc(C2NC(=O)CCC2N)cc1. The van der Waals surface area contributed by atoms with Gasteiger partial charge >= 0.3 is 0 Å². The average molecular weight is 204 g/mol. The minimum Gasteiger partial charge on any atom is -0.348 e. The summed E-state index contributed by atoms with van der Waals surface area (Å²) in [6, 6.07) is 8.17. The van der Waals surface area contributed by atoms with E-state index in [2.05, 4.69) is 5.32 Å². The van der Waals surface area contributed by atoms with Crippen LogP contribution in [0.4, 0.5) is 0 Å². The third-order valence-corrected chi connectivity index (χ3v) is 2.89. The van der Waals surface area contributed by atoms with Crippen LogP contribution in [-0.2, 0) is 4.79 Å². The molecule has 1 aliphatic rings. The van der Waals surface area contributed by atoms with Crippen LogP contribution in [0.5, 0.6) is 0 Å². The van der Waals surface area contributed by atoms with Crippen molar-refractivity contribution in [2.45, 2.75) is 31.8 Å². The van der Waals surface area contributed by atoms with Gasteiger partial charge in [-0.15, -0.1) is 0 Å². The molecule has 1 aromatic carbocycles. The van der Waals surface area contributed by atoms with Crippen molar-refractivity contribution < 1.29 is 4.79 Å². The number of carbonyl (C=O) groups is 1. The van der Waals surface area contributed by atoms with Gasteiger partial charge in [-0.05, 0) is 18.9 Å². The lowest BCUT2D eigenvalue weighted by Gasteiger charge is -2.29. The molecule has 0 aliphatic carbocycles. The lowest BCUT2D eigenvalue weighted by molar-refractivity contribution is -0.123. The third kappa shape index (κ3) is 2.18. The smallest absolute Gasteiger partial charge is 0.220 e. The van der Waals surface area contributed by atoms with E-state index < -0.39 is 0 Å². The molecule has 3 heteroatoms. The van der Waals surface area contributed by atoms with Gasteiger partial charge in [-0.2, -0.15) is 0 Å². The van der Waals surface area contributed by atoms with Gasteiger partial charge in [0.25, 0.3) is 0 Å². The predicted molar refractivity (Wildman–Crippen MR) is 59.3 cm³/mol. The standard InChI is InChI=1S/C12H16N2O/c1-8-2-4-9(5-3-8)12-10(13)6-7-11(15)14-12/h2-5,10,12H,6-7,13H2,1H3,(H,14,15). The molecule has 2 unspecified atom stereocenters. The fourth-order valence-electron chi connectivity index (χ4n) is 1.92. The molecule has 0 radical (unpaired) electrons. The Hall–Kier alpha value is -1.35. The first-order valence-corrected chi connectivity index (χ1v) is 5.28. The molecule has 2 rings (SSSR count). The van der Waals surface area contributed by atoms with Gasteiger partial charge < -0.3 is 11.1 Å². The molecule has 1 saturated heterocycles. The van der Waals surface area contributed by atoms with Gasteiger partial charge in [0.15, 0.2) is 0 Å². The number of hydrogen-bond donors (Lipinski definition) is 2. The maximum atomic E-state index is 11.3. The van der Waals surface area contributed by atoms with Crippen molar-refractivity contribution in [3.63, 3.8) is 0 Å². The van der Waals surface area contributed by atoms with E-state index in [-0.39, 0.29) is 18.0 Å². The maximum Gasteiger partial charge on any atom is 0.220 e. The number of rotatable bonds is 1. The van der Waals surface area contributed by atoms with Gasteiger partial charge in [-0.1, -0.05) is 29.8 Å². The molecular weight excluding hydrogens is 188 g/mol. The fourth-order valence-corrected chi connectivity index (χ4v) is 1.92. The number of benzene rings is 1. The Balaban J connectivity index is 2.21. The van der Waals surface area contributed by atoms with Crippen molar-refractivity contribution in [1.29, 1.82) is 0 Å². The second kappa shape index (κ2) is 4.03. The van der Waals surface area contributed by atoms with Crippen LogP contribution in [0.1, 0.15) is 30.0 Å². The molecule has 15 heavy (non-hydrogen) atoms. The maximum absolute atomic E-state index is 11.3. The molecule has 80 valence electrons. The van der Waals surface area contributed by atoms with E-state index in [4.69, 9.17) is 5.73 Å². The summed E-state index contributed by atoms with van der Waals surface area (Å²) in [4.78, 5) is 11.3.